The zero-order valence-corrected chi connectivity index (χ0v) is 8.34. The Labute approximate surface area is 75.9 Å². The van der Waals surface area contributed by atoms with Crippen LogP contribution in [0.1, 0.15) is 39.5 Å². The van der Waals surface area contributed by atoms with Gasteiger partial charge >= 0.3 is 0 Å². The highest BCUT2D eigenvalue weighted by molar-refractivity contribution is 4.97. The van der Waals surface area contributed by atoms with Crippen LogP contribution in [0.4, 0.5) is 0 Å². The highest BCUT2D eigenvalue weighted by atomic mass is 14.9. The zero-order valence-electron chi connectivity index (χ0n) is 8.34. The summed E-state index contributed by atoms with van der Waals surface area (Å²) in [5.74, 6) is 3.17. The lowest BCUT2D eigenvalue weighted by Gasteiger charge is -2.27. The molecule has 2 bridgehead atoms. The normalized spacial score (nSPS) is 45.5. The van der Waals surface area contributed by atoms with Gasteiger partial charge < -0.3 is 5.32 Å². The summed E-state index contributed by atoms with van der Waals surface area (Å²) >= 11 is 0. The lowest BCUT2D eigenvalue weighted by atomic mass is 9.84. The van der Waals surface area contributed by atoms with E-state index in [0.29, 0.717) is 0 Å². The highest BCUT2D eigenvalue weighted by Crippen LogP contribution is 2.49. The smallest absolute Gasteiger partial charge is 0.00981 e. The summed E-state index contributed by atoms with van der Waals surface area (Å²) in [7, 11) is 0. The Hall–Kier alpha value is -0.0400. The van der Waals surface area contributed by atoms with Crippen LogP contribution in [0.5, 0.6) is 0 Å². The van der Waals surface area contributed by atoms with Crippen molar-refractivity contribution in [3.8, 4) is 0 Å². The lowest BCUT2D eigenvalue weighted by molar-refractivity contribution is 0.272. The van der Waals surface area contributed by atoms with Crippen molar-refractivity contribution in [1.82, 2.24) is 5.32 Å². The van der Waals surface area contributed by atoms with Crippen molar-refractivity contribution < 1.29 is 0 Å². The Balaban J connectivity index is 1.89. The minimum absolute atomic E-state index is 0.878. The second kappa shape index (κ2) is 3.37. The second-order valence-electron chi connectivity index (χ2n) is 4.56. The molecule has 0 aliphatic heterocycles. The molecule has 0 aromatic rings. The van der Waals surface area contributed by atoms with Crippen LogP contribution in [0.3, 0.4) is 0 Å². The molecule has 0 spiro atoms. The third kappa shape index (κ3) is 1.28. The van der Waals surface area contributed by atoms with Gasteiger partial charge in [-0.05, 0) is 43.6 Å². The van der Waals surface area contributed by atoms with Crippen molar-refractivity contribution in [1.29, 1.82) is 0 Å². The fourth-order valence-electron chi connectivity index (χ4n) is 3.41. The molecule has 12 heavy (non-hydrogen) atoms. The topological polar surface area (TPSA) is 12.0 Å². The number of fused-ring (bicyclic) bond motifs is 2. The van der Waals surface area contributed by atoms with Gasteiger partial charge in [-0.3, -0.25) is 0 Å². The van der Waals surface area contributed by atoms with Crippen LogP contribution >= 0.6 is 0 Å². The zero-order chi connectivity index (χ0) is 8.55. The van der Waals surface area contributed by atoms with Gasteiger partial charge in [0, 0.05) is 6.04 Å². The number of hydrogen-bond donors (Lipinski definition) is 1. The largest absolute Gasteiger partial charge is 0.314 e. The Morgan fingerprint density at radius 2 is 1.92 bits per heavy atom. The third-order valence-corrected chi connectivity index (χ3v) is 3.99. The Bertz CT molecular complexity index is 155. The Morgan fingerprint density at radius 3 is 2.42 bits per heavy atom. The van der Waals surface area contributed by atoms with Crippen LogP contribution in [0.15, 0.2) is 0 Å². The standard InChI is InChI=1S/C11H21N/c1-3-8-5-10-6-9(8)7-11(10)12-4-2/h8-12H,3-7H2,1-2H3/t8-,9-,10+,11-/m0/s1. The third-order valence-electron chi connectivity index (χ3n) is 3.99. The Morgan fingerprint density at radius 1 is 1.08 bits per heavy atom. The maximum absolute atomic E-state index is 3.62. The first-order valence-corrected chi connectivity index (χ1v) is 5.58. The molecule has 1 heteroatoms. The quantitative estimate of drug-likeness (QED) is 0.680. The first kappa shape index (κ1) is 8.55. The van der Waals surface area contributed by atoms with Gasteiger partial charge in [-0.1, -0.05) is 20.3 Å². The van der Waals surface area contributed by atoms with E-state index in [1.54, 1.807) is 0 Å². The molecule has 0 saturated heterocycles. The summed E-state index contributed by atoms with van der Waals surface area (Å²) in [4.78, 5) is 0. The van der Waals surface area contributed by atoms with Crippen LogP contribution in [0, 0.1) is 17.8 Å². The summed E-state index contributed by atoms with van der Waals surface area (Å²) in [6.45, 7) is 5.74. The predicted molar refractivity (Wildman–Crippen MR) is 52.1 cm³/mol. The minimum atomic E-state index is 0.878. The molecular weight excluding hydrogens is 146 g/mol. The van der Waals surface area contributed by atoms with Crippen molar-refractivity contribution in [3.05, 3.63) is 0 Å². The molecule has 0 heterocycles. The predicted octanol–water partition coefficient (Wildman–Crippen LogP) is 2.42. The van der Waals surface area contributed by atoms with Crippen molar-refractivity contribution in [3.63, 3.8) is 0 Å². The molecule has 70 valence electrons. The molecule has 0 unspecified atom stereocenters. The molecule has 2 rings (SSSR count). The average molecular weight is 167 g/mol. The lowest BCUT2D eigenvalue weighted by Crippen LogP contribution is -2.35. The highest BCUT2D eigenvalue weighted by Gasteiger charge is 2.44. The van der Waals surface area contributed by atoms with E-state index in [2.05, 4.69) is 19.2 Å². The first-order chi connectivity index (χ1) is 5.85. The second-order valence-corrected chi connectivity index (χ2v) is 4.56. The fourth-order valence-corrected chi connectivity index (χ4v) is 3.41. The van der Waals surface area contributed by atoms with Crippen LogP contribution in [-0.4, -0.2) is 12.6 Å². The first-order valence-electron chi connectivity index (χ1n) is 5.58. The van der Waals surface area contributed by atoms with Crippen molar-refractivity contribution in [2.75, 3.05) is 6.54 Å². The van der Waals surface area contributed by atoms with Crippen LogP contribution in [0.2, 0.25) is 0 Å². The summed E-state index contributed by atoms with van der Waals surface area (Å²) in [6, 6.07) is 0.878. The molecule has 0 radical (unpaired) electrons. The number of nitrogens with one attached hydrogen (secondary N) is 1. The van der Waals surface area contributed by atoms with E-state index in [1.807, 2.05) is 0 Å². The van der Waals surface area contributed by atoms with Gasteiger partial charge in [0.05, 0.1) is 0 Å². The van der Waals surface area contributed by atoms with Crippen molar-refractivity contribution in [2.24, 2.45) is 17.8 Å². The van der Waals surface area contributed by atoms with E-state index in [9.17, 15) is 0 Å². The summed E-state index contributed by atoms with van der Waals surface area (Å²) in [5, 5.41) is 3.62. The van der Waals surface area contributed by atoms with E-state index in [4.69, 9.17) is 0 Å². The van der Waals surface area contributed by atoms with E-state index >= 15 is 0 Å². The van der Waals surface area contributed by atoms with Gasteiger partial charge in [-0.2, -0.15) is 0 Å². The molecule has 2 saturated carbocycles. The molecule has 0 aromatic carbocycles. The SMILES string of the molecule is CCN[C@H]1C[C@@H]2C[C@H]1C[C@@H]2CC. The van der Waals surface area contributed by atoms with E-state index < -0.39 is 0 Å². The van der Waals surface area contributed by atoms with E-state index in [0.717, 1.165) is 30.3 Å². The maximum Gasteiger partial charge on any atom is 0.00981 e. The van der Waals surface area contributed by atoms with Gasteiger partial charge in [-0.15, -0.1) is 0 Å². The molecule has 2 aliphatic rings. The molecule has 4 atom stereocenters. The molecule has 1 N–H and O–H groups in total. The molecule has 0 amide bonds. The Kier molecular flexibility index (Phi) is 2.40. The van der Waals surface area contributed by atoms with Crippen molar-refractivity contribution >= 4 is 0 Å². The molecule has 2 aliphatic carbocycles. The van der Waals surface area contributed by atoms with Crippen LogP contribution in [0.25, 0.3) is 0 Å². The van der Waals surface area contributed by atoms with Crippen molar-refractivity contribution in [2.45, 2.75) is 45.6 Å². The molecule has 1 nitrogen and oxygen atoms in total. The monoisotopic (exact) mass is 167 g/mol. The van der Waals surface area contributed by atoms with E-state index in [-0.39, 0.29) is 0 Å². The van der Waals surface area contributed by atoms with Gasteiger partial charge in [0.1, 0.15) is 0 Å². The fraction of sp³-hybridized carbons (Fsp3) is 1.00. The van der Waals surface area contributed by atoms with Gasteiger partial charge in [0.2, 0.25) is 0 Å². The molecular formula is C11H21N. The van der Waals surface area contributed by atoms with Crippen LogP contribution < -0.4 is 5.32 Å². The summed E-state index contributed by atoms with van der Waals surface area (Å²) < 4.78 is 0. The average Bonchev–Trinajstić information content (AvgIpc) is 2.62. The molecule has 2 fully saturated rings. The number of hydrogen-bond acceptors (Lipinski definition) is 1. The van der Waals surface area contributed by atoms with E-state index in [1.165, 1.54) is 25.7 Å². The number of rotatable bonds is 3. The van der Waals surface area contributed by atoms with Gasteiger partial charge in [0.25, 0.3) is 0 Å². The van der Waals surface area contributed by atoms with Gasteiger partial charge in [0.15, 0.2) is 0 Å². The van der Waals surface area contributed by atoms with Crippen LogP contribution in [-0.2, 0) is 0 Å². The molecule has 0 aromatic heterocycles. The summed E-state index contributed by atoms with van der Waals surface area (Å²) in [6.07, 6.45) is 5.92. The maximum atomic E-state index is 3.62. The minimum Gasteiger partial charge on any atom is -0.314 e. The van der Waals surface area contributed by atoms with Gasteiger partial charge in [-0.25, -0.2) is 0 Å². The summed E-state index contributed by atoms with van der Waals surface area (Å²) in [5.41, 5.74) is 0.